The smallest absolute Gasteiger partial charge is 0.239 e. The highest BCUT2D eigenvalue weighted by Crippen LogP contribution is 2.18. The minimum absolute atomic E-state index is 0.151. The molecule has 0 unspecified atom stereocenters. The van der Waals surface area contributed by atoms with Crippen LogP contribution in [0.5, 0.6) is 5.75 Å². The maximum absolute atomic E-state index is 13.6. The zero-order chi connectivity index (χ0) is 16.8. The van der Waals surface area contributed by atoms with Crippen molar-refractivity contribution in [2.24, 2.45) is 0 Å². The highest BCUT2D eigenvalue weighted by Gasteiger charge is 2.10. The largest absolute Gasteiger partial charge is 0.494 e. The third-order valence-corrected chi connectivity index (χ3v) is 3.30. The number of benzene rings is 1. The van der Waals surface area contributed by atoms with Crippen molar-refractivity contribution in [2.45, 2.75) is 6.54 Å². The van der Waals surface area contributed by atoms with E-state index >= 15 is 0 Å². The molecule has 1 aromatic carbocycles. The summed E-state index contributed by atoms with van der Waals surface area (Å²) in [5.74, 6) is -0.00391. The van der Waals surface area contributed by atoms with Crippen molar-refractivity contribution >= 4 is 23.3 Å². The van der Waals surface area contributed by atoms with Crippen LogP contribution in [0.3, 0.4) is 0 Å². The Morgan fingerprint density at radius 3 is 2.78 bits per heavy atom. The first-order valence-corrected chi connectivity index (χ1v) is 7.28. The molecule has 2 aromatic rings. The molecule has 2 rings (SSSR count). The van der Waals surface area contributed by atoms with Gasteiger partial charge >= 0.3 is 0 Å². The first kappa shape index (κ1) is 17.2. The van der Waals surface area contributed by atoms with Gasteiger partial charge in [-0.3, -0.25) is 9.69 Å². The molecule has 0 spiro atoms. The number of halogens is 2. The monoisotopic (exact) mass is 337 g/mol. The summed E-state index contributed by atoms with van der Waals surface area (Å²) in [6.45, 7) is 0.584. The van der Waals surface area contributed by atoms with E-state index in [0.29, 0.717) is 17.4 Å². The van der Waals surface area contributed by atoms with Gasteiger partial charge in [-0.1, -0.05) is 17.7 Å². The topological polar surface area (TPSA) is 54.5 Å². The third kappa shape index (κ3) is 5.19. The Hall–Kier alpha value is -2.18. The van der Waals surface area contributed by atoms with E-state index < -0.39 is 5.82 Å². The Kier molecular flexibility index (Phi) is 5.90. The Bertz CT molecular complexity index is 680. The van der Waals surface area contributed by atoms with Gasteiger partial charge in [-0.2, -0.15) is 0 Å². The second-order valence-corrected chi connectivity index (χ2v) is 5.49. The summed E-state index contributed by atoms with van der Waals surface area (Å²) in [7, 11) is 3.19. The van der Waals surface area contributed by atoms with Gasteiger partial charge in [0.05, 0.1) is 18.7 Å². The van der Waals surface area contributed by atoms with Gasteiger partial charge < -0.3 is 10.1 Å². The first-order chi connectivity index (χ1) is 11.0. The van der Waals surface area contributed by atoms with E-state index in [1.54, 1.807) is 36.2 Å². The standard InChI is InChI=1S/C16H17ClFN3O2/c1-21(9-11-3-5-14(23-2)13(18)7-11)10-16(22)20-15-6-4-12(17)8-19-15/h3-8H,9-10H2,1-2H3,(H,19,20,22). The van der Waals surface area contributed by atoms with E-state index in [9.17, 15) is 9.18 Å². The quantitative estimate of drug-likeness (QED) is 0.880. The average Bonchev–Trinajstić information content (AvgIpc) is 2.49. The number of hydrogen-bond donors (Lipinski definition) is 1. The minimum atomic E-state index is -0.423. The summed E-state index contributed by atoms with van der Waals surface area (Å²) in [5.41, 5.74) is 0.753. The van der Waals surface area contributed by atoms with Crippen molar-refractivity contribution in [3.63, 3.8) is 0 Å². The number of rotatable bonds is 6. The first-order valence-electron chi connectivity index (χ1n) is 6.90. The molecule has 0 aliphatic carbocycles. The van der Waals surface area contributed by atoms with Crippen LogP contribution in [-0.4, -0.2) is 36.5 Å². The molecule has 0 aliphatic heterocycles. The normalized spacial score (nSPS) is 10.7. The van der Waals surface area contributed by atoms with E-state index in [0.717, 1.165) is 5.56 Å². The van der Waals surface area contributed by atoms with Crippen molar-refractivity contribution in [1.82, 2.24) is 9.88 Å². The molecule has 0 radical (unpaired) electrons. The Morgan fingerprint density at radius 1 is 1.39 bits per heavy atom. The fourth-order valence-corrected chi connectivity index (χ4v) is 2.16. The Balaban J connectivity index is 1.88. The number of pyridine rings is 1. The van der Waals surface area contributed by atoms with Gasteiger partial charge in [0.2, 0.25) is 5.91 Å². The third-order valence-electron chi connectivity index (χ3n) is 3.08. The van der Waals surface area contributed by atoms with Crippen LogP contribution in [0.1, 0.15) is 5.56 Å². The molecule has 0 saturated carbocycles. The maximum atomic E-state index is 13.6. The zero-order valence-corrected chi connectivity index (χ0v) is 13.6. The van der Waals surface area contributed by atoms with E-state index in [2.05, 4.69) is 10.3 Å². The Morgan fingerprint density at radius 2 is 2.17 bits per heavy atom. The number of nitrogens with zero attached hydrogens (tertiary/aromatic N) is 2. The molecule has 0 fully saturated rings. The summed E-state index contributed by atoms with van der Waals surface area (Å²) in [5, 5.41) is 3.17. The van der Waals surface area contributed by atoms with Gasteiger partial charge in [-0.15, -0.1) is 0 Å². The molecule has 1 amide bonds. The van der Waals surface area contributed by atoms with Crippen LogP contribution >= 0.6 is 11.6 Å². The second-order valence-electron chi connectivity index (χ2n) is 5.05. The number of ether oxygens (including phenoxy) is 1. The van der Waals surface area contributed by atoms with Crippen LogP contribution < -0.4 is 10.1 Å². The van der Waals surface area contributed by atoms with Gasteiger partial charge in [0.15, 0.2) is 11.6 Å². The molecule has 0 bridgehead atoms. The number of carbonyl (C=O) groups is 1. The van der Waals surface area contributed by atoms with Crippen molar-refractivity contribution in [3.8, 4) is 5.75 Å². The molecule has 1 aromatic heterocycles. The SMILES string of the molecule is COc1ccc(CN(C)CC(=O)Nc2ccc(Cl)cn2)cc1F. The molecule has 0 aliphatic rings. The van der Waals surface area contributed by atoms with Crippen LogP contribution in [-0.2, 0) is 11.3 Å². The van der Waals surface area contributed by atoms with Gasteiger partial charge in [0.25, 0.3) is 0 Å². The number of likely N-dealkylation sites (N-methyl/N-ethyl adjacent to an activating group) is 1. The number of hydrogen-bond acceptors (Lipinski definition) is 4. The summed E-state index contributed by atoms with van der Waals surface area (Å²) in [4.78, 5) is 17.7. The van der Waals surface area contributed by atoms with Gasteiger partial charge in [-0.05, 0) is 36.9 Å². The van der Waals surface area contributed by atoms with Crippen molar-refractivity contribution in [2.75, 3.05) is 26.0 Å². The Labute approximate surface area is 139 Å². The minimum Gasteiger partial charge on any atom is -0.494 e. The van der Waals surface area contributed by atoms with E-state index in [1.165, 1.54) is 19.4 Å². The van der Waals surface area contributed by atoms with Crippen molar-refractivity contribution in [1.29, 1.82) is 0 Å². The summed E-state index contributed by atoms with van der Waals surface area (Å²) in [6, 6.07) is 7.99. The average molecular weight is 338 g/mol. The molecule has 0 saturated heterocycles. The summed E-state index contributed by atoms with van der Waals surface area (Å²) in [6.07, 6.45) is 1.46. The number of aromatic nitrogens is 1. The highest BCUT2D eigenvalue weighted by molar-refractivity contribution is 6.30. The van der Waals surface area contributed by atoms with Gasteiger partial charge in [0.1, 0.15) is 5.82 Å². The molecule has 7 heteroatoms. The fraction of sp³-hybridized carbons (Fsp3) is 0.250. The van der Waals surface area contributed by atoms with E-state index in [1.807, 2.05) is 0 Å². The van der Waals surface area contributed by atoms with Crippen molar-refractivity contribution in [3.05, 3.63) is 52.9 Å². The zero-order valence-electron chi connectivity index (χ0n) is 12.8. The molecule has 0 atom stereocenters. The lowest BCUT2D eigenvalue weighted by Crippen LogP contribution is -2.30. The second kappa shape index (κ2) is 7.89. The lowest BCUT2D eigenvalue weighted by molar-refractivity contribution is -0.117. The van der Waals surface area contributed by atoms with Crippen LogP contribution in [0.25, 0.3) is 0 Å². The van der Waals surface area contributed by atoms with Gasteiger partial charge in [-0.25, -0.2) is 9.37 Å². The predicted molar refractivity (Wildman–Crippen MR) is 87.2 cm³/mol. The van der Waals surface area contributed by atoms with Crippen LogP contribution in [0, 0.1) is 5.82 Å². The molecule has 5 nitrogen and oxygen atoms in total. The van der Waals surface area contributed by atoms with Crippen LogP contribution in [0.15, 0.2) is 36.5 Å². The number of methoxy groups -OCH3 is 1. The number of anilines is 1. The van der Waals surface area contributed by atoms with E-state index in [-0.39, 0.29) is 18.2 Å². The predicted octanol–water partition coefficient (Wildman–Crippen LogP) is 2.95. The lowest BCUT2D eigenvalue weighted by atomic mass is 10.2. The van der Waals surface area contributed by atoms with Gasteiger partial charge in [0, 0.05) is 12.7 Å². The highest BCUT2D eigenvalue weighted by atomic mass is 35.5. The fourth-order valence-electron chi connectivity index (χ4n) is 2.05. The maximum Gasteiger partial charge on any atom is 0.239 e. The molecule has 122 valence electrons. The lowest BCUT2D eigenvalue weighted by Gasteiger charge is -2.16. The number of amides is 1. The summed E-state index contributed by atoms with van der Waals surface area (Å²) >= 11 is 5.73. The number of nitrogens with one attached hydrogen (secondary N) is 1. The van der Waals surface area contributed by atoms with E-state index in [4.69, 9.17) is 16.3 Å². The molecular weight excluding hydrogens is 321 g/mol. The molecule has 23 heavy (non-hydrogen) atoms. The van der Waals surface area contributed by atoms with Crippen LogP contribution in [0.4, 0.5) is 10.2 Å². The number of carbonyl (C=O) groups excluding carboxylic acids is 1. The van der Waals surface area contributed by atoms with Crippen molar-refractivity contribution < 1.29 is 13.9 Å². The van der Waals surface area contributed by atoms with Crippen LogP contribution in [0.2, 0.25) is 5.02 Å². The molecule has 1 N–H and O–H groups in total. The summed E-state index contributed by atoms with van der Waals surface area (Å²) < 4.78 is 18.5. The molecule has 1 heterocycles. The molecular formula is C16H17ClFN3O2.